The van der Waals surface area contributed by atoms with Crippen molar-refractivity contribution in [3.05, 3.63) is 65.4 Å². The molecule has 0 N–H and O–H groups in total. The number of benzene rings is 2. The molecule has 0 saturated carbocycles. The monoisotopic (exact) mass is 415 g/mol. The number of aryl methyl sites for hydroxylation is 3. The molecule has 30 heavy (non-hydrogen) atoms. The SMILES string of the molecule is CCCc1nn(C)c2c(-c3cn(C)c4ccccc34)nc(-c3ccc(Cl)cc3)nc12. The molecule has 0 spiro atoms. The Morgan fingerprint density at radius 1 is 0.967 bits per heavy atom. The third-order valence-corrected chi connectivity index (χ3v) is 5.74. The molecular weight excluding hydrogens is 394 g/mol. The van der Waals surface area contributed by atoms with E-state index in [4.69, 9.17) is 26.7 Å². The van der Waals surface area contributed by atoms with Gasteiger partial charge in [0.1, 0.15) is 16.7 Å². The maximum absolute atomic E-state index is 6.10. The van der Waals surface area contributed by atoms with E-state index in [2.05, 4.69) is 49.0 Å². The van der Waals surface area contributed by atoms with Crippen molar-refractivity contribution in [1.82, 2.24) is 24.3 Å². The summed E-state index contributed by atoms with van der Waals surface area (Å²) in [5.41, 5.74) is 6.99. The van der Waals surface area contributed by atoms with E-state index in [9.17, 15) is 0 Å². The fourth-order valence-electron chi connectivity index (χ4n) is 4.09. The second-order valence-electron chi connectivity index (χ2n) is 7.59. The van der Waals surface area contributed by atoms with Crippen LogP contribution in [0.1, 0.15) is 19.0 Å². The quantitative estimate of drug-likeness (QED) is 0.373. The number of hydrogen-bond donors (Lipinski definition) is 0. The molecule has 0 atom stereocenters. The lowest BCUT2D eigenvalue weighted by molar-refractivity contribution is 0.753. The second-order valence-corrected chi connectivity index (χ2v) is 8.03. The molecule has 0 unspecified atom stereocenters. The molecular formula is C24H22ClN5. The molecule has 0 fully saturated rings. The highest BCUT2D eigenvalue weighted by Crippen LogP contribution is 2.35. The van der Waals surface area contributed by atoms with E-state index >= 15 is 0 Å². The van der Waals surface area contributed by atoms with Gasteiger partial charge in [-0.25, -0.2) is 9.97 Å². The zero-order valence-electron chi connectivity index (χ0n) is 17.2. The summed E-state index contributed by atoms with van der Waals surface area (Å²) in [5, 5.41) is 6.65. The molecule has 0 saturated heterocycles. The third-order valence-electron chi connectivity index (χ3n) is 5.49. The van der Waals surface area contributed by atoms with Gasteiger partial charge in [0, 0.05) is 47.3 Å². The molecule has 0 aliphatic heterocycles. The highest BCUT2D eigenvalue weighted by molar-refractivity contribution is 6.30. The fourth-order valence-corrected chi connectivity index (χ4v) is 4.22. The number of para-hydroxylation sites is 1. The van der Waals surface area contributed by atoms with E-state index in [1.807, 2.05) is 36.0 Å². The maximum Gasteiger partial charge on any atom is 0.160 e. The van der Waals surface area contributed by atoms with E-state index in [-0.39, 0.29) is 0 Å². The Kier molecular flexibility index (Phi) is 4.55. The van der Waals surface area contributed by atoms with Crippen LogP contribution in [0.3, 0.4) is 0 Å². The Bertz CT molecular complexity index is 1380. The first-order valence-electron chi connectivity index (χ1n) is 10.1. The van der Waals surface area contributed by atoms with Crippen LogP contribution in [-0.4, -0.2) is 24.3 Å². The number of fused-ring (bicyclic) bond motifs is 2. The number of rotatable bonds is 4. The largest absolute Gasteiger partial charge is 0.350 e. The smallest absolute Gasteiger partial charge is 0.160 e. The molecule has 5 aromatic rings. The van der Waals surface area contributed by atoms with Crippen LogP contribution in [0, 0.1) is 0 Å². The minimum Gasteiger partial charge on any atom is -0.350 e. The average Bonchev–Trinajstić information content (AvgIpc) is 3.26. The van der Waals surface area contributed by atoms with E-state index in [0.29, 0.717) is 10.8 Å². The number of aromatic nitrogens is 5. The van der Waals surface area contributed by atoms with Crippen LogP contribution >= 0.6 is 11.6 Å². The molecule has 0 aliphatic rings. The predicted octanol–water partition coefficient (Wildman–Crippen LogP) is 5.79. The molecule has 2 aromatic carbocycles. The summed E-state index contributed by atoms with van der Waals surface area (Å²) in [4.78, 5) is 9.98. The van der Waals surface area contributed by atoms with Crippen LogP contribution in [-0.2, 0) is 20.5 Å². The van der Waals surface area contributed by atoms with Gasteiger partial charge in [0.15, 0.2) is 5.82 Å². The van der Waals surface area contributed by atoms with Crippen molar-refractivity contribution in [2.45, 2.75) is 19.8 Å². The summed E-state index contributed by atoms with van der Waals surface area (Å²) in [5.74, 6) is 0.687. The molecule has 0 radical (unpaired) electrons. The predicted molar refractivity (Wildman–Crippen MR) is 123 cm³/mol. The van der Waals surface area contributed by atoms with E-state index in [1.165, 1.54) is 10.9 Å². The van der Waals surface area contributed by atoms with Gasteiger partial charge in [0.25, 0.3) is 0 Å². The van der Waals surface area contributed by atoms with Crippen LogP contribution in [0.25, 0.3) is 44.6 Å². The van der Waals surface area contributed by atoms with Gasteiger partial charge >= 0.3 is 0 Å². The molecule has 3 heterocycles. The van der Waals surface area contributed by atoms with Gasteiger partial charge in [-0.1, -0.05) is 43.1 Å². The summed E-state index contributed by atoms with van der Waals surface area (Å²) < 4.78 is 4.06. The van der Waals surface area contributed by atoms with Crippen LogP contribution in [0.15, 0.2) is 54.7 Å². The summed E-state index contributed by atoms with van der Waals surface area (Å²) in [7, 11) is 4.04. The Labute approximate surface area is 180 Å². The molecule has 5 nitrogen and oxygen atoms in total. The second kappa shape index (κ2) is 7.26. The summed E-state index contributed by atoms with van der Waals surface area (Å²) in [6.45, 7) is 2.16. The van der Waals surface area contributed by atoms with Gasteiger partial charge in [-0.3, -0.25) is 4.68 Å². The van der Waals surface area contributed by atoms with Crippen molar-refractivity contribution in [1.29, 1.82) is 0 Å². The topological polar surface area (TPSA) is 48.5 Å². The first-order chi connectivity index (χ1) is 14.6. The Morgan fingerprint density at radius 3 is 2.50 bits per heavy atom. The van der Waals surface area contributed by atoms with Crippen LogP contribution in [0.5, 0.6) is 0 Å². The van der Waals surface area contributed by atoms with Gasteiger partial charge in [-0.05, 0) is 36.8 Å². The maximum atomic E-state index is 6.10. The van der Waals surface area contributed by atoms with Crippen molar-refractivity contribution in [3.8, 4) is 22.6 Å². The summed E-state index contributed by atoms with van der Waals surface area (Å²) >= 11 is 6.10. The first-order valence-corrected chi connectivity index (χ1v) is 10.5. The molecule has 0 amide bonds. The Hall–Kier alpha value is -3.18. The molecule has 6 heteroatoms. The fraction of sp³-hybridized carbons (Fsp3) is 0.208. The standard InChI is InChI=1S/C24H22ClN5/c1-4-7-19-22-23(30(3)28-19)21(18-14-29(2)20-9-6-5-8-17(18)20)26-24(27-22)15-10-12-16(25)13-11-15/h5-6,8-14H,4,7H2,1-3H3. The molecule has 5 rings (SSSR count). The minimum atomic E-state index is 0.687. The normalized spacial score (nSPS) is 11.6. The summed E-state index contributed by atoms with van der Waals surface area (Å²) in [6, 6.07) is 16.1. The van der Waals surface area contributed by atoms with Crippen molar-refractivity contribution in [2.75, 3.05) is 0 Å². The van der Waals surface area contributed by atoms with Gasteiger partial charge in [-0.2, -0.15) is 5.10 Å². The van der Waals surface area contributed by atoms with E-state index < -0.39 is 0 Å². The zero-order chi connectivity index (χ0) is 20.8. The van der Waals surface area contributed by atoms with Gasteiger partial charge in [-0.15, -0.1) is 0 Å². The van der Waals surface area contributed by atoms with E-state index in [0.717, 1.165) is 46.4 Å². The van der Waals surface area contributed by atoms with Gasteiger partial charge < -0.3 is 4.57 Å². The average molecular weight is 416 g/mol. The summed E-state index contributed by atoms with van der Waals surface area (Å²) in [6.07, 6.45) is 4.03. The van der Waals surface area contributed by atoms with Crippen molar-refractivity contribution < 1.29 is 0 Å². The lowest BCUT2D eigenvalue weighted by Crippen LogP contribution is -1.98. The lowest BCUT2D eigenvalue weighted by atomic mass is 10.1. The first kappa shape index (κ1) is 18.8. The molecule has 0 aliphatic carbocycles. The zero-order valence-corrected chi connectivity index (χ0v) is 18.0. The third kappa shape index (κ3) is 2.97. The van der Waals surface area contributed by atoms with Crippen LogP contribution in [0.4, 0.5) is 0 Å². The van der Waals surface area contributed by atoms with Crippen LogP contribution < -0.4 is 0 Å². The van der Waals surface area contributed by atoms with E-state index in [1.54, 1.807) is 0 Å². The number of halogens is 1. The van der Waals surface area contributed by atoms with Crippen molar-refractivity contribution in [2.24, 2.45) is 14.1 Å². The highest BCUT2D eigenvalue weighted by Gasteiger charge is 2.21. The van der Waals surface area contributed by atoms with Crippen molar-refractivity contribution >= 4 is 33.5 Å². The highest BCUT2D eigenvalue weighted by atomic mass is 35.5. The minimum absolute atomic E-state index is 0.687. The number of hydrogen-bond acceptors (Lipinski definition) is 3. The Morgan fingerprint density at radius 2 is 1.73 bits per heavy atom. The molecule has 0 bridgehead atoms. The van der Waals surface area contributed by atoms with Crippen LogP contribution in [0.2, 0.25) is 5.02 Å². The lowest BCUT2D eigenvalue weighted by Gasteiger charge is -2.08. The Balaban J connectivity index is 1.86. The number of nitrogens with zero attached hydrogens (tertiary/aromatic N) is 5. The molecule has 3 aromatic heterocycles. The van der Waals surface area contributed by atoms with Gasteiger partial charge in [0.05, 0.1) is 5.69 Å². The van der Waals surface area contributed by atoms with Crippen molar-refractivity contribution in [3.63, 3.8) is 0 Å². The van der Waals surface area contributed by atoms with Gasteiger partial charge in [0.2, 0.25) is 0 Å². The molecule has 150 valence electrons.